The Morgan fingerprint density at radius 2 is 0.600 bits per heavy atom. The Morgan fingerprint density at radius 1 is 0.304 bits per heavy atom. The number of aliphatic hydroxyl groups is 27. The Bertz CT molecular complexity index is 3820. The van der Waals surface area contributed by atoms with Crippen molar-refractivity contribution in [1.82, 2.24) is 31.9 Å². The maximum absolute atomic E-state index is 13.6. The molecule has 34 N–H and O–H groups in total. The second-order valence-corrected chi connectivity index (χ2v) is 33.9. The summed E-state index contributed by atoms with van der Waals surface area (Å²) < 4.78 is 114. The van der Waals surface area contributed by atoms with Crippen LogP contribution in [0.15, 0.2) is 0 Å². The number of amides is 6. The van der Waals surface area contributed by atoms with Crippen molar-refractivity contribution >= 4 is 41.4 Å². The Balaban J connectivity index is 1.04. The highest BCUT2D eigenvalue weighted by Crippen LogP contribution is 2.43. The van der Waals surface area contributed by atoms with Crippen LogP contribution >= 0.6 is 0 Å². The fourth-order valence-electron chi connectivity index (χ4n) is 17.5. The Hall–Kier alpha value is -5.55. The first-order valence-electron chi connectivity index (χ1n) is 42.8. The molecule has 6 amide bonds. The Labute approximate surface area is 764 Å². The van der Waals surface area contributed by atoms with Crippen LogP contribution in [0.2, 0.25) is 0 Å². The third-order valence-corrected chi connectivity index (χ3v) is 24.3. The quantitative estimate of drug-likeness (QED) is 0.0275. The van der Waals surface area contributed by atoms with Crippen LogP contribution in [0.1, 0.15) is 48.0 Å². The number of aliphatic hydroxyl groups excluding tert-OH is 27. The number of carboxylic acid groups (broad SMARTS) is 1. The van der Waals surface area contributed by atoms with Crippen molar-refractivity contribution in [2.45, 2.75) is 360 Å². The molecule has 10 rings (SSSR count). The number of nitrogens with one attached hydrogen (secondary N) is 6. The van der Waals surface area contributed by atoms with Gasteiger partial charge in [0.25, 0.3) is 5.79 Å². The van der Waals surface area contributed by atoms with Crippen molar-refractivity contribution in [1.29, 1.82) is 0 Å². The van der Waals surface area contributed by atoms with Crippen molar-refractivity contribution in [3.05, 3.63) is 0 Å². The normalized spacial score (nSPS) is 46.4. The van der Waals surface area contributed by atoms with Crippen LogP contribution in [0.25, 0.3) is 0 Å². The minimum Gasteiger partial charge on any atom is -0.477 e. The summed E-state index contributed by atoms with van der Waals surface area (Å²) in [5.41, 5.74) is 0. The molecule has 1 unspecified atom stereocenters. The minimum absolute atomic E-state index is 0.823. The second-order valence-electron chi connectivity index (χ2n) is 33.9. The first kappa shape index (κ1) is 111. The molecule has 10 saturated heterocycles. The zero-order valence-corrected chi connectivity index (χ0v) is 72.8. The van der Waals surface area contributed by atoms with E-state index in [1.807, 2.05) is 0 Å². The molecule has 0 aromatic heterocycles. The number of hydrogen-bond acceptors (Lipinski definition) is 53. The molecule has 10 fully saturated rings. The molecule has 0 aromatic rings. The van der Waals surface area contributed by atoms with Crippen LogP contribution in [0.4, 0.5) is 0 Å². The number of rotatable bonds is 37. The van der Waals surface area contributed by atoms with Crippen molar-refractivity contribution in [2.75, 3.05) is 66.1 Å². The van der Waals surface area contributed by atoms with Crippen LogP contribution in [0.5, 0.6) is 0 Å². The van der Waals surface area contributed by atoms with Gasteiger partial charge in [0.2, 0.25) is 35.4 Å². The highest BCUT2D eigenvalue weighted by Gasteiger charge is 2.65. The zero-order chi connectivity index (χ0) is 99.9. The van der Waals surface area contributed by atoms with Gasteiger partial charge in [-0.2, -0.15) is 0 Å². The van der Waals surface area contributed by atoms with E-state index >= 15 is 0 Å². The molecule has 60 heteroatoms. The summed E-state index contributed by atoms with van der Waals surface area (Å²) in [6.45, 7) is -6.65. The number of carbonyl (C=O) groups excluding carboxylic acids is 6. The van der Waals surface area contributed by atoms with Gasteiger partial charge in [0, 0.05) is 48.0 Å². The van der Waals surface area contributed by atoms with Crippen LogP contribution in [-0.2, 0) is 124 Å². The van der Waals surface area contributed by atoms with E-state index < -0.39 is 426 Å². The van der Waals surface area contributed by atoms with E-state index in [4.69, 9.17) is 90.0 Å². The summed E-state index contributed by atoms with van der Waals surface area (Å²) in [5, 5.41) is 331. The molecule has 51 atom stereocenters. The molecule has 10 heterocycles. The fraction of sp³-hybridized carbons (Fsp3) is 0.907. The third-order valence-electron chi connectivity index (χ3n) is 24.3. The number of hydrogen-bond donors (Lipinski definition) is 34. The second kappa shape index (κ2) is 48.5. The smallest absolute Gasteiger partial charge is 0.364 e. The first-order valence-corrected chi connectivity index (χ1v) is 42.8. The van der Waals surface area contributed by atoms with E-state index in [0.717, 1.165) is 41.5 Å². The predicted octanol–water partition coefficient (Wildman–Crippen LogP) is -22.7. The van der Waals surface area contributed by atoms with Crippen LogP contribution < -0.4 is 31.9 Å². The molecular formula is C75H124N6O54. The Kier molecular flexibility index (Phi) is 40.0. The minimum atomic E-state index is -3.37. The lowest BCUT2D eigenvalue weighted by atomic mass is 9.88. The van der Waals surface area contributed by atoms with E-state index in [1.54, 1.807) is 0 Å². The number of carbonyl (C=O) groups is 7. The summed E-state index contributed by atoms with van der Waals surface area (Å²) in [6.07, 6.45) is -100. The topological polar surface area (TPSA) is 933 Å². The monoisotopic (exact) mass is 1970 g/mol. The molecule has 0 spiro atoms. The summed E-state index contributed by atoms with van der Waals surface area (Å²) in [4.78, 5) is 90.1. The van der Waals surface area contributed by atoms with Crippen molar-refractivity contribution in [2.24, 2.45) is 0 Å². The van der Waals surface area contributed by atoms with Crippen LogP contribution in [-0.4, -0.2) is 563 Å². The molecule has 0 aliphatic carbocycles. The number of ether oxygens (including phenoxy) is 19. The van der Waals surface area contributed by atoms with Gasteiger partial charge >= 0.3 is 5.97 Å². The van der Waals surface area contributed by atoms with Gasteiger partial charge in [-0.1, -0.05) is 0 Å². The molecule has 60 nitrogen and oxygen atoms in total. The molecule has 0 saturated carbocycles. The lowest BCUT2D eigenvalue weighted by Crippen LogP contribution is -2.72. The van der Waals surface area contributed by atoms with E-state index in [0.29, 0.717) is 0 Å². The molecule has 135 heavy (non-hydrogen) atoms. The van der Waals surface area contributed by atoms with Crippen molar-refractivity contribution in [3.63, 3.8) is 0 Å². The van der Waals surface area contributed by atoms with E-state index in [9.17, 15) is 177 Å². The molecule has 0 aromatic carbocycles. The average Bonchev–Trinajstić information content (AvgIpc) is 0.732. The van der Waals surface area contributed by atoms with Gasteiger partial charge < -0.3 is 265 Å². The van der Waals surface area contributed by atoms with E-state index in [2.05, 4.69) is 31.9 Å². The molecule has 10 aliphatic heterocycles. The van der Waals surface area contributed by atoms with Crippen molar-refractivity contribution in [3.8, 4) is 0 Å². The standard InChI is InChI=1S/C75H124N6O54/c1-18(91)76-35-24(97)7-75(74(115)116,134-60(35)41(99)25(98)8-82)135-62-45(103)29(12-86)121-71(55(62)113)130-58-32(15-89)124-69(40(51(58)109)81-23(6)96)133-64-53(111)59(128-66-37(78-20(3)93)47(105)42(100)26(9-83)119-66)33(16-90)125-73(64)131-61-46(104)34(17-117-72-63(52(110)44(102)28(11-85)122-72)132-67-38(79-21(4)94)48(106)43(101)27(10-84)120-67)126-70(54(61)112)129-57-31(14-88)123-68(39(50(57)108)80-22(5)95)127-56-30(13-87)118-65(114)36(49(56)107)77-19(2)92/h24-73,82-90,97-114H,7-17H2,1-6H3,(H,76,91)(H,77,92)(H,78,93)(H,79,94)(H,80,95)(H,81,96)(H,115,116)/t24-,25+,26+,27+,28+,29+,30+,31+,32+,33+,34+,35+,36+,37+,38+,39+,40+,41+,42+,43+,44+,45-,46+,47+,48+,49+,50+,51+,52-,53-,54-,55+,56+,57+,58+,59+,60+,61-,62-,63-,64-,65?,66-,67-,68-,69-,70-,71-,72-,73+,75-/m0/s1. The SMILES string of the molecule is CC(=O)N[C@H]1[C@H](O[C@H]2[C@H](O)[C@@H](NC(C)=O)C(O)O[C@@H]2CO)O[C@H](CO)[C@@H](O[C@@H]2O[C@H](CO[C@H]3O[C@H](CO)[C@@H](O)[C@H](O)[C@@H]3O[C@@H]3O[C@H](CO)[C@@H](O)[C@H](O)[C@H]3NC(C)=O)[C@@H](O)[C@H](O[C@H]3O[C@H](CO)[C@@H](O[C@@H]4O[C@H](CO)[C@@H](O)[C@H](O)[C@H]4NC(C)=O)[C@H](O)[C@@H]3O[C@@H]3O[C@H](CO)[C@@H](O[C@@H]4O[C@H](CO)[C@H](O)[C@H](O[C@]5(C(=O)O)C[C@H](O)[C@@H](NC(C)=O)[C@H]([C@H](O)[C@H](O)CO)O5)[C@H]4O)[C@H](O)[C@H]3NC(C)=O)[C@@H]2O)[C@@H]1O. The van der Waals surface area contributed by atoms with Gasteiger partial charge in [-0.15, -0.1) is 0 Å². The molecule has 10 aliphatic rings. The zero-order valence-electron chi connectivity index (χ0n) is 72.8. The van der Waals surface area contributed by atoms with Gasteiger partial charge in [-0.05, 0) is 0 Å². The molecule has 0 bridgehead atoms. The highest BCUT2D eigenvalue weighted by atomic mass is 16.8. The summed E-state index contributed by atoms with van der Waals surface area (Å²) in [5.74, 6) is -11.3. The van der Waals surface area contributed by atoms with E-state index in [1.165, 1.54) is 0 Å². The number of aliphatic carboxylic acids is 1. The fourth-order valence-corrected chi connectivity index (χ4v) is 17.5. The van der Waals surface area contributed by atoms with Gasteiger partial charge in [0.1, 0.15) is 238 Å². The summed E-state index contributed by atoms with van der Waals surface area (Å²) in [7, 11) is 0. The summed E-state index contributed by atoms with van der Waals surface area (Å²) in [6, 6.07) is -11.5. The predicted molar refractivity (Wildman–Crippen MR) is 416 cm³/mol. The maximum Gasteiger partial charge on any atom is 0.364 e. The van der Waals surface area contributed by atoms with E-state index in [-0.39, 0.29) is 0 Å². The lowest BCUT2D eigenvalue weighted by molar-refractivity contribution is -0.406. The Morgan fingerprint density at radius 3 is 1.01 bits per heavy atom. The highest BCUT2D eigenvalue weighted by molar-refractivity contribution is 5.77. The van der Waals surface area contributed by atoms with Gasteiger partial charge in [-0.3, -0.25) is 28.8 Å². The largest absolute Gasteiger partial charge is 0.477 e. The first-order chi connectivity index (χ1) is 63.7. The average molecular weight is 1970 g/mol. The van der Waals surface area contributed by atoms with Gasteiger partial charge in [0.05, 0.1) is 78.2 Å². The summed E-state index contributed by atoms with van der Waals surface area (Å²) >= 11 is 0. The number of carboxylic acids is 1. The molecule has 0 radical (unpaired) electrons. The maximum atomic E-state index is 13.6. The van der Waals surface area contributed by atoms with Crippen LogP contribution in [0.3, 0.4) is 0 Å². The molecular weight excluding hydrogens is 1850 g/mol. The van der Waals surface area contributed by atoms with Gasteiger partial charge in [0.15, 0.2) is 56.6 Å². The van der Waals surface area contributed by atoms with Crippen LogP contribution in [0, 0.1) is 0 Å². The molecule has 778 valence electrons. The van der Waals surface area contributed by atoms with Gasteiger partial charge in [-0.25, -0.2) is 4.79 Å². The third kappa shape index (κ3) is 25.0. The van der Waals surface area contributed by atoms with Crippen molar-refractivity contribution < 1.29 is 267 Å². The lowest BCUT2D eigenvalue weighted by Gasteiger charge is -2.52.